The summed E-state index contributed by atoms with van der Waals surface area (Å²) >= 11 is 0. The van der Waals surface area contributed by atoms with E-state index < -0.39 is 0 Å². The van der Waals surface area contributed by atoms with Crippen LogP contribution in [0.3, 0.4) is 0 Å². The Bertz CT molecular complexity index is 950. The minimum absolute atomic E-state index is 0.253. The molecule has 4 heteroatoms. The Balaban J connectivity index is 1.54. The van der Waals surface area contributed by atoms with Gasteiger partial charge in [-0.1, -0.05) is 66.7 Å². The van der Waals surface area contributed by atoms with Crippen LogP contribution in [0.2, 0.25) is 0 Å². The van der Waals surface area contributed by atoms with Crippen molar-refractivity contribution in [2.75, 3.05) is 18.0 Å². The number of piperidine rings is 1. The van der Waals surface area contributed by atoms with Gasteiger partial charge < -0.3 is 4.90 Å². The lowest BCUT2D eigenvalue weighted by molar-refractivity contribution is 0.0982. The first kappa shape index (κ1) is 18.9. The molecule has 29 heavy (non-hydrogen) atoms. The van der Waals surface area contributed by atoms with Gasteiger partial charge in [-0.3, -0.25) is 4.79 Å². The molecule has 1 aliphatic heterocycles. The zero-order valence-corrected chi connectivity index (χ0v) is 16.3. The van der Waals surface area contributed by atoms with Crippen LogP contribution < -0.4 is 4.90 Å². The van der Waals surface area contributed by atoms with E-state index in [1.54, 1.807) is 29.2 Å². The Labute approximate surface area is 171 Å². The first-order valence-corrected chi connectivity index (χ1v) is 10.0. The molecule has 1 heterocycles. The largest absolute Gasteiger partial charge is 0.331 e. The second kappa shape index (κ2) is 8.74. The molecular weight excluding hydrogens is 360 g/mol. The monoisotopic (exact) mass is 384 g/mol. The van der Waals surface area contributed by atoms with Crippen LogP contribution in [0.15, 0.2) is 91.0 Å². The zero-order valence-electron chi connectivity index (χ0n) is 16.3. The standard InChI is InChI=1S/C25H24N2O2/c28-24(22-12-6-2-7-13-22)27(23-14-8-3-9-15-23)25(29)26-18-16-21(17-19-26)20-10-4-1-5-11-20/h1-15,21H,16-19H2. The maximum Gasteiger partial charge on any atom is 0.331 e. The highest BCUT2D eigenvalue weighted by Gasteiger charge is 2.31. The van der Waals surface area contributed by atoms with Crippen molar-refractivity contribution in [3.05, 3.63) is 102 Å². The van der Waals surface area contributed by atoms with Crippen LogP contribution in [0, 0.1) is 0 Å². The van der Waals surface area contributed by atoms with Gasteiger partial charge in [-0.2, -0.15) is 0 Å². The summed E-state index contributed by atoms with van der Waals surface area (Å²) < 4.78 is 0. The van der Waals surface area contributed by atoms with Crippen molar-refractivity contribution in [2.45, 2.75) is 18.8 Å². The van der Waals surface area contributed by atoms with Crippen LogP contribution in [0.5, 0.6) is 0 Å². The van der Waals surface area contributed by atoms with Crippen LogP contribution in [0.1, 0.15) is 34.7 Å². The molecule has 0 aliphatic carbocycles. The Morgan fingerprint density at radius 3 is 1.83 bits per heavy atom. The van der Waals surface area contributed by atoms with Crippen molar-refractivity contribution in [1.82, 2.24) is 4.90 Å². The third-order valence-electron chi connectivity index (χ3n) is 5.47. The number of para-hydroxylation sites is 1. The summed E-state index contributed by atoms with van der Waals surface area (Å²) in [6.45, 7) is 1.29. The lowest BCUT2D eigenvalue weighted by atomic mass is 9.89. The lowest BCUT2D eigenvalue weighted by Crippen LogP contribution is -2.49. The van der Waals surface area contributed by atoms with E-state index in [9.17, 15) is 9.59 Å². The van der Waals surface area contributed by atoms with Gasteiger partial charge in [-0.15, -0.1) is 0 Å². The average Bonchev–Trinajstić information content (AvgIpc) is 2.81. The van der Waals surface area contributed by atoms with Crippen LogP contribution in [-0.2, 0) is 0 Å². The second-order valence-corrected chi connectivity index (χ2v) is 7.30. The average molecular weight is 384 g/mol. The Kier molecular flexibility index (Phi) is 5.71. The number of hydrogen-bond donors (Lipinski definition) is 0. The maximum atomic E-state index is 13.4. The van der Waals surface area contributed by atoms with E-state index in [1.807, 2.05) is 42.5 Å². The molecule has 0 saturated carbocycles. The zero-order chi connectivity index (χ0) is 20.1. The molecule has 4 nitrogen and oxygen atoms in total. The second-order valence-electron chi connectivity index (χ2n) is 7.30. The third-order valence-corrected chi connectivity index (χ3v) is 5.47. The molecule has 0 spiro atoms. The highest BCUT2D eigenvalue weighted by Crippen LogP contribution is 2.29. The molecule has 3 aromatic rings. The van der Waals surface area contributed by atoms with E-state index in [0.717, 1.165) is 12.8 Å². The van der Waals surface area contributed by atoms with Crippen molar-refractivity contribution in [2.24, 2.45) is 0 Å². The summed E-state index contributed by atoms with van der Waals surface area (Å²) in [7, 11) is 0. The summed E-state index contributed by atoms with van der Waals surface area (Å²) in [5.74, 6) is 0.155. The Morgan fingerprint density at radius 1 is 0.724 bits per heavy atom. The normalized spacial score (nSPS) is 14.4. The highest BCUT2D eigenvalue weighted by atomic mass is 16.2. The highest BCUT2D eigenvalue weighted by molar-refractivity contribution is 6.20. The molecule has 146 valence electrons. The number of imide groups is 1. The molecule has 0 N–H and O–H groups in total. The topological polar surface area (TPSA) is 40.6 Å². The summed E-state index contributed by atoms with van der Waals surface area (Å²) in [6.07, 6.45) is 1.80. The number of nitrogens with zero attached hydrogens (tertiary/aromatic N) is 2. The van der Waals surface area contributed by atoms with Crippen molar-refractivity contribution >= 4 is 17.6 Å². The molecular formula is C25H24N2O2. The number of carbonyl (C=O) groups excluding carboxylic acids is 2. The van der Waals surface area contributed by atoms with Crippen molar-refractivity contribution in [1.29, 1.82) is 0 Å². The van der Waals surface area contributed by atoms with Gasteiger partial charge in [0.05, 0.1) is 5.69 Å². The molecule has 0 radical (unpaired) electrons. The minimum atomic E-state index is -0.299. The van der Waals surface area contributed by atoms with E-state index in [2.05, 4.69) is 24.3 Å². The van der Waals surface area contributed by atoms with Crippen LogP contribution in [0.25, 0.3) is 0 Å². The molecule has 0 bridgehead atoms. The number of benzene rings is 3. The number of rotatable bonds is 3. The molecule has 0 atom stereocenters. The van der Waals surface area contributed by atoms with Gasteiger partial charge in [0.25, 0.3) is 5.91 Å². The molecule has 1 aliphatic rings. The molecule has 1 saturated heterocycles. The van der Waals surface area contributed by atoms with Gasteiger partial charge in [0.15, 0.2) is 0 Å². The van der Waals surface area contributed by atoms with E-state index in [-0.39, 0.29) is 11.9 Å². The van der Waals surface area contributed by atoms with Gasteiger partial charge >= 0.3 is 6.03 Å². The number of urea groups is 1. The molecule has 3 amide bonds. The van der Waals surface area contributed by atoms with Gasteiger partial charge in [0.2, 0.25) is 0 Å². The minimum Gasteiger partial charge on any atom is -0.324 e. The van der Waals surface area contributed by atoms with Gasteiger partial charge in [-0.25, -0.2) is 9.69 Å². The quantitative estimate of drug-likeness (QED) is 0.612. The fourth-order valence-electron chi connectivity index (χ4n) is 3.87. The number of anilines is 1. The predicted octanol–water partition coefficient (Wildman–Crippen LogP) is 5.33. The Hall–Kier alpha value is -3.40. The van der Waals surface area contributed by atoms with Crippen molar-refractivity contribution < 1.29 is 9.59 Å². The molecule has 4 rings (SSSR count). The summed E-state index contributed by atoms with van der Waals surface area (Å²) in [6, 6.07) is 28.3. The molecule has 0 unspecified atom stereocenters. The number of hydrogen-bond acceptors (Lipinski definition) is 2. The third kappa shape index (κ3) is 4.21. The van der Waals surface area contributed by atoms with E-state index in [4.69, 9.17) is 0 Å². The molecule has 0 aromatic heterocycles. The fraction of sp³-hybridized carbons (Fsp3) is 0.200. The SMILES string of the molecule is O=C(c1ccccc1)N(C(=O)N1CCC(c2ccccc2)CC1)c1ccccc1. The fourth-order valence-corrected chi connectivity index (χ4v) is 3.87. The first-order chi connectivity index (χ1) is 14.2. The van der Waals surface area contributed by atoms with E-state index in [0.29, 0.717) is 30.3 Å². The van der Waals surface area contributed by atoms with Gasteiger partial charge in [0.1, 0.15) is 0 Å². The molecule has 3 aromatic carbocycles. The summed E-state index contributed by atoms with van der Waals surface area (Å²) in [5.41, 5.74) is 2.42. The smallest absolute Gasteiger partial charge is 0.324 e. The van der Waals surface area contributed by atoms with Crippen molar-refractivity contribution in [3.63, 3.8) is 0 Å². The van der Waals surface area contributed by atoms with Crippen LogP contribution >= 0.6 is 0 Å². The summed E-state index contributed by atoms with van der Waals surface area (Å²) in [4.78, 5) is 29.7. The summed E-state index contributed by atoms with van der Waals surface area (Å²) in [5, 5.41) is 0. The predicted molar refractivity (Wildman–Crippen MR) is 115 cm³/mol. The Morgan fingerprint density at radius 2 is 1.24 bits per heavy atom. The van der Waals surface area contributed by atoms with Crippen LogP contribution in [0.4, 0.5) is 10.5 Å². The van der Waals surface area contributed by atoms with Crippen LogP contribution in [-0.4, -0.2) is 29.9 Å². The lowest BCUT2D eigenvalue weighted by Gasteiger charge is -2.35. The maximum absolute atomic E-state index is 13.4. The number of amides is 3. The van der Waals surface area contributed by atoms with Gasteiger partial charge in [0, 0.05) is 18.7 Å². The molecule has 1 fully saturated rings. The number of likely N-dealkylation sites (tertiary alicyclic amines) is 1. The van der Waals surface area contributed by atoms with E-state index in [1.165, 1.54) is 10.5 Å². The van der Waals surface area contributed by atoms with Crippen molar-refractivity contribution in [3.8, 4) is 0 Å². The number of carbonyl (C=O) groups is 2. The first-order valence-electron chi connectivity index (χ1n) is 10.0. The van der Waals surface area contributed by atoms with Gasteiger partial charge in [-0.05, 0) is 48.6 Å². The van der Waals surface area contributed by atoms with E-state index >= 15 is 0 Å².